The zero-order chi connectivity index (χ0) is 18.4. The van der Waals surface area contributed by atoms with E-state index >= 15 is 0 Å². The number of carbonyl (C=O) groups excluding carboxylic acids is 2. The lowest BCUT2D eigenvalue weighted by Crippen LogP contribution is -2.48. The Labute approximate surface area is 140 Å². The standard InChI is InChI=1S/C18H34O5/c1-9-12(2)11-18(7,22-8)16(21)13(3)14(19)10-15(20)23-17(4,5)6/h12-13,16,21H,9-11H2,1-8H3/t12-,13-,16+,18+/m0/s1. The summed E-state index contributed by atoms with van der Waals surface area (Å²) in [5.74, 6) is -1.24. The number of Topliss-reactive ketones (excluding diaryl/α,β-unsaturated/α-hetero) is 1. The molecule has 0 radical (unpaired) electrons. The number of methoxy groups -OCH3 is 1. The Kier molecular flexibility index (Phi) is 8.43. The van der Waals surface area contributed by atoms with Crippen molar-refractivity contribution in [1.29, 1.82) is 0 Å². The molecular formula is C18H34O5. The van der Waals surface area contributed by atoms with Gasteiger partial charge in [-0.1, -0.05) is 27.2 Å². The van der Waals surface area contributed by atoms with Gasteiger partial charge in [0, 0.05) is 13.0 Å². The van der Waals surface area contributed by atoms with Crippen molar-refractivity contribution in [2.24, 2.45) is 11.8 Å². The first-order valence-electron chi connectivity index (χ1n) is 8.34. The van der Waals surface area contributed by atoms with Crippen molar-refractivity contribution in [3.63, 3.8) is 0 Å². The van der Waals surface area contributed by atoms with E-state index in [0.29, 0.717) is 12.3 Å². The summed E-state index contributed by atoms with van der Waals surface area (Å²) in [7, 11) is 1.54. The molecule has 4 atom stereocenters. The molecule has 0 unspecified atom stereocenters. The van der Waals surface area contributed by atoms with Gasteiger partial charge in [-0.05, 0) is 40.0 Å². The number of carbonyl (C=O) groups is 2. The zero-order valence-corrected chi connectivity index (χ0v) is 15.9. The number of hydrogen-bond acceptors (Lipinski definition) is 5. The van der Waals surface area contributed by atoms with Gasteiger partial charge in [0.25, 0.3) is 0 Å². The summed E-state index contributed by atoms with van der Waals surface area (Å²) in [6.45, 7) is 12.8. The average Bonchev–Trinajstić information content (AvgIpc) is 2.42. The van der Waals surface area contributed by atoms with Crippen LogP contribution >= 0.6 is 0 Å². The molecule has 0 aliphatic rings. The monoisotopic (exact) mass is 330 g/mol. The quantitative estimate of drug-likeness (QED) is 0.519. The third-order valence-electron chi connectivity index (χ3n) is 4.26. The molecule has 136 valence electrons. The van der Waals surface area contributed by atoms with Gasteiger partial charge < -0.3 is 14.6 Å². The lowest BCUT2D eigenvalue weighted by Gasteiger charge is -2.37. The second kappa shape index (κ2) is 8.78. The second-order valence-corrected chi connectivity index (χ2v) is 7.70. The fourth-order valence-corrected chi connectivity index (χ4v) is 2.55. The third-order valence-corrected chi connectivity index (χ3v) is 4.26. The summed E-state index contributed by atoms with van der Waals surface area (Å²) < 4.78 is 10.7. The number of ketones is 1. The predicted octanol–water partition coefficient (Wildman–Crippen LogP) is 3.13. The van der Waals surface area contributed by atoms with Gasteiger partial charge in [0.1, 0.15) is 17.8 Å². The predicted molar refractivity (Wildman–Crippen MR) is 90.1 cm³/mol. The fraction of sp³-hybridized carbons (Fsp3) is 0.889. The van der Waals surface area contributed by atoms with Gasteiger partial charge in [-0.25, -0.2) is 0 Å². The highest BCUT2D eigenvalue weighted by atomic mass is 16.6. The van der Waals surface area contributed by atoms with Crippen LogP contribution < -0.4 is 0 Å². The highest BCUT2D eigenvalue weighted by Gasteiger charge is 2.40. The molecule has 0 aliphatic carbocycles. The van der Waals surface area contributed by atoms with Crippen LogP contribution in [0.2, 0.25) is 0 Å². The Hall–Kier alpha value is -0.940. The van der Waals surface area contributed by atoms with E-state index in [1.807, 2.05) is 0 Å². The lowest BCUT2D eigenvalue weighted by atomic mass is 9.80. The maximum Gasteiger partial charge on any atom is 0.313 e. The maximum absolute atomic E-state index is 12.3. The van der Waals surface area contributed by atoms with Gasteiger partial charge in [0.05, 0.1) is 11.7 Å². The van der Waals surface area contributed by atoms with E-state index in [1.165, 1.54) is 7.11 Å². The van der Waals surface area contributed by atoms with E-state index in [2.05, 4.69) is 13.8 Å². The number of aliphatic hydroxyl groups excluding tert-OH is 1. The summed E-state index contributed by atoms with van der Waals surface area (Å²) in [4.78, 5) is 24.1. The van der Waals surface area contributed by atoms with Gasteiger partial charge in [-0.3, -0.25) is 9.59 Å². The highest BCUT2D eigenvalue weighted by molar-refractivity contribution is 5.97. The normalized spacial score (nSPS) is 18.7. The van der Waals surface area contributed by atoms with Gasteiger partial charge >= 0.3 is 5.97 Å². The Bertz CT molecular complexity index is 399. The number of hydrogen-bond donors (Lipinski definition) is 1. The number of aliphatic hydroxyl groups is 1. The van der Waals surface area contributed by atoms with Crippen LogP contribution in [0.1, 0.15) is 67.7 Å². The minimum atomic E-state index is -0.976. The van der Waals surface area contributed by atoms with Gasteiger partial charge in [-0.15, -0.1) is 0 Å². The second-order valence-electron chi connectivity index (χ2n) is 7.70. The summed E-state index contributed by atoms with van der Waals surface area (Å²) >= 11 is 0. The zero-order valence-electron chi connectivity index (χ0n) is 15.9. The van der Waals surface area contributed by atoms with Crippen LogP contribution in [0, 0.1) is 11.8 Å². The van der Waals surface area contributed by atoms with Crippen molar-refractivity contribution in [2.75, 3.05) is 7.11 Å². The van der Waals surface area contributed by atoms with Crippen molar-refractivity contribution in [2.45, 2.75) is 85.0 Å². The van der Waals surface area contributed by atoms with E-state index in [0.717, 1.165) is 6.42 Å². The first kappa shape index (κ1) is 22.1. The topological polar surface area (TPSA) is 72.8 Å². The minimum Gasteiger partial charge on any atom is -0.460 e. The SMILES string of the molecule is CC[C@H](C)C[C@@](C)(OC)[C@H](O)[C@@H](C)C(=O)CC(=O)OC(C)(C)C. The smallest absolute Gasteiger partial charge is 0.313 e. The van der Waals surface area contributed by atoms with Crippen molar-refractivity contribution in [1.82, 2.24) is 0 Å². The van der Waals surface area contributed by atoms with Gasteiger partial charge in [0.2, 0.25) is 0 Å². The molecule has 23 heavy (non-hydrogen) atoms. The van der Waals surface area contributed by atoms with Gasteiger partial charge in [0.15, 0.2) is 0 Å². The van der Waals surface area contributed by atoms with E-state index in [4.69, 9.17) is 9.47 Å². The first-order valence-corrected chi connectivity index (χ1v) is 8.34. The molecule has 5 nitrogen and oxygen atoms in total. The van der Waals surface area contributed by atoms with Crippen LogP contribution in [-0.2, 0) is 19.1 Å². The summed E-state index contributed by atoms with van der Waals surface area (Å²) in [6.07, 6.45) is 0.298. The molecule has 0 saturated heterocycles. The Morgan fingerprint density at radius 2 is 1.65 bits per heavy atom. The van der Waals surface area contributed by atoms with Crippen LogP contribution in [0.25, 0.3) is 0 Å². The molecule has 0 saturated carbocycles. The summed E-state index contributed by atoms with van der Waals surface area (Å²) in [5.41, 5.74) is -1.45. The van der Waals surface area contributed by atoms with E-state index in [1.54, 1.807) is 34.6 Å². The molecule has 0 bridgehead atoms. The van der Waals surface area contributed by atoms with Crippen LogP contribution in [0.4, 0.5) is 0 Å². The molecule has 0 spiro atoms. The average molecular weight is 330 g/mol. The summed E-state index contributed by atoms with van der Waals surface area (Å²) in [5, 5.41) is 10.6. The van der Waals surface area contributed by atoms with Gasteiger partial charge in [-0.2, -0.15) is 0 Å². The fourth-order valence-electron chi connectivity index (χ4n) is 2.55. The number of ether oxygens (including phenoxy) is 2. The minimum absolute atomic E-state index is 0.334. The molecule has 0 fully saturated rings. The van der Waals surface area contributed by atoms with Crippen LogP contribution in [0.5, 0.6) is 0 Å². The number of rotatable bonds is 9. The molecule has 0 heterocycles. The summed E-state index contributed by atoms with van der Waals surface area (Å²) in [6, 6.07) is 0. The van der Waals surface area contributed by atoms with Crippen LogP contribution in [0.15, 0.2) is 0 Å². The van der Waals surface area contributed by atoms with Crippen molar-refractivity contribution < 1.29 is 24.2 Å². The van der Waals surface area contributed by atoms with Crippen molar-refractivity contribution in [3.8, 4) is 0 Å². The molecule has 0 aliphatic heterocycles. The molecular weight excluding hydrogens is 296 g/mol. The van der Waals surface area contributed by atoms with Crippen molar-refractivity contribution in [3.05, 3.63) is 0 Å². The van der Waals surface area contributed by atoms with E-state index in [-0.39, 0.29) is 12.2 Å². The lowest BCUT2D eigenvalue weighted by molar-refractivity contribution is -0.159. The largest absolute Gasteiger partial charge is 0.460 e. The molecule has 0 rings (SSSR count). The molecule has 0 aromatic heterocycles. The molecule has 0 amide bonds. The highest BCUT2D eigenvalue weighted by Crippen LogP contribution is 2.30. The Morgan fingerprint density at radius 1 is 1.13 bits per heavy atom. The van der Waals surface area contributed by atoms with Crippen LogP contribution in [0.3, 0.4) is 0 Å². The molecule has 1 N–H and O–H groups in total. The maximum atomic E-state index is 12.3. The molecule has 5 heteroatoms. The molecule has 0 aromatic rings. The van der Waals surface area contributed by atoms with Crippen LogP contribution in [-0.4, -0.2) is 41.3 Å². The van der Waals surface area contributed by atoms with E-state index < -0.39 is 29.2 Å². The Balaban J connectivity index is 4.87. The first-order chi connectivity index (χ1) is 10.4. The van der Waals surface area contributed by atoms with Crippen molar-refractivity contribution >= 4 is 11.8 Å². The molecule has 0 aromatic carbocycles. The van der Waals surface area contributed by atoms with E-state index in [9.17, 15) is 14.7 Å². The third kappa shape index (κ3) is 7.44. The number of esters is 1. The Morgan fingerprint density at radius 3 is 2.04 bits per heavy atom.